The number of nitrogens with zero attached hydrogens (tertiary/aromatic N) is 1. The zero-order valence-electron chi connectivity index (χ0n) is 10.0. The van der Waals surface area contributed by atoms with E-state index in [-0.39, 0.29) is 6.04 Å². The second-order valence-electron chi connectivity index (χ2n) is 3.99. The molecular formula is C13H22N2. The average Bonchev–Trinajstić information content (AvgIpc) is 2.26. The highest BCUT2D eigenvalue weighted by atomic mass is 15.1. The molecule has 2 nitrogen and oxygen atoms in total. The van der Waals surface area contributed by atoms with Crippen LogP contribution in [0.3, 0.4) is 0 Å². The second kappa shape index (κ2) is 5.89. The lowest BCUT2D eigenvalue weighted by Gasteiger charge is -2.18. The van der Waals surface area contributed by atoms with Gasteiger partial charge in [0.15, 0.2) is 0 Å². The Morgan fingerprint density at radius 2 is 1.67 bits per heavy atom. The third-order valence-electron chi connectivity index (χ3n) is 2.81. The van der Waals surface area contributed by atoms with Gasteiger partial charge in [-0.1, -0.05) is 38.1 Å². The molecule has 15 heavy (non-hydrogen) atoms. The van der Waals surface area contributed by atoms with E-state index >= 15 is 0 Å². The average molecular weight is 206 g/mol. The molecule has 0 spiro atoms. The van der Waals surface area contributed by atoms with Crippen LogP contribution in [0, 0.1) is 0 Å². The smallest absolute Gasteiger partial charge is 0.0266 e. The summed E-state index contributed by atoms with van der Waals surface area (Å²) in [4.78, 5) is 2.40. The first-order chi connectivity index (χ1) is 7.17. The molecule has 0 saturated carbocycles. The van der Waals surface area contributed by atoms with Gasteiger partial charge in [0.25, 0.3) is 0 Å². The van der Waals surface area contributed by atoms with E-state index in [1.54, 1.807) is 0 Å². The molecule has 0 bridgehead atoms. The molecule has 0 amide bonds. The van der Waals surface area contributed by atoms with Crippen LogP contribution in [-0.4, -0.2) is 18.0 Å². The molecule has 84 valence electrons. The predicted molar refractivity (Wildman–Crippen MR) is 65.7 cm³/mol. The summed E-state index contributed by atoms with van der Waals surface area (Å²) < 4.78 is 0. The number of rotatable bonds is 5. The van der Waals surface area contributed by atoms with E-state index in [0.717, 1.165) is 19.6 Å². The number of hydrogen-bond acceptors (Lipinski definition) is 2. The van der Waals surface area contributed by atoms with E-state index in [1.165, 1.54) is 11.1 Å². The zero-order chi connectivity index (χ0) is 11.3. The monoisotopic (exact) mass is 206 g/mol. The Morgan fingerprint density at radius 3 is 2.07 bits per heavy atom. The summed E-state index contributed by atoms with van der Waals surface area (Å²) in [6.45, 7) is 9.64. The first kappa shape index (κ1) is 12.2. The maximum Gasteiger partial charge on any atom is 0.0266 e. The topological polar surface area (TPSA) is 29.3 Å². The van der Waals surface area contributed by atoms with Crippen LogP contribution < -0.4 is 5.73 Å². The summed E-state index contributed by atoms with van der Waals surface area (Å²) in [5, 5.41) is 0. The van der Waals surface area contributed by atoms with Gasteiger partial charge in [0.05, 0.1) is 0 Å². The van der Waals surface area contributed by atoms with Gasteiger partial charge in [-0.05, 0) is 31.1 Å². The van der Waals surface area contributed by atoms with Gasteiger partial charge in [0.1, 0.15) is 0 Å². The molecule has 0 radical (unpaired) electrons. The molecule has 0 aromatic heterocycles. The fourth-order valence-corrected chi connectivity index (χ4v) is 1.63. The number of benzene rings is 1. The van der Waals surface area contributed by atoms with E-state index in [9.17, 15) is 0 Å². The van der Waals surface area contributed by atoms with E-state index in [1.807, 2.05) is 6.92 Å². The highest BCUT2D eigenvalue weighted by Crippen LogP contribution is 2.12. The van der Waals surface area contributed by atoms with Crippen molar-refractivity contribution < 1.29 is 0 Å². The van der Waals surface area contributed by atoms with E-state index < -0.39 is 0 Å². The Morgan fingerprint density at radius 1 is 1.13 bits per heavy atom. The minimum absolute atomic E-state index is 0.132. The van der Waals surface area contributed by atoms with Crippen molar-refractivity contribution in [2.45, 2.75) is 33.4 Å². The maximum atomic E-state index is 5.81. The van der Waals surface area contributed by atoms with Crippen LogP contribution in [0.5, 0.6) is 0 Å². The lowest BCUT2D eigenvalue weighted by Crippen LogP contribution is -2.22. The van der Waals surface area contributed by atoms with Crippen LogP contribution in [0.1, 0.15) is 37.9 Å². The Labute approximate surface area is 93.1 Å². The largest absolute Gasteiger partial charge is 0.324 e. The van der Waals surface area contributed by atoms with Gasteiger partial charge >= 0.3 is 0 Å². The van der Waals surface area contributed by atoms with Crippen molar-refractivity contribution in [1.29, 1.82) is 0 Å². The van der Waals surface area contributed by atoms with Gasteiger partial charge in [-0.2, -0.15) is 0 Å². The maximum absolute atomic E-state index is 5.81. The van der Waals surface area contributed by atoms with E-state index in [4.69, 9.17) is 5.73 Å². The minimum Gasteiger partial charge on any atom is -0.324 e. The van der Waals surface area contributed by atoms with Gasteiger partial charge in [-0.3, -0.25) is 4.90 Å². The van der Waals surface area contributed by atoms with Crippen LogP contribution in [0.4, 0.5) is 0 Å². The third kappa shape index (κ3) is 3.65. The van der Waals surface area contributed by atoms with Crippen LogP contribution in [0.15, 0.2) is 24.3 Å². The Hall–Kier alpha value is -0.860. The molecule has 0 heterocycles. The normalized spacial score (nSPS) is 13.1. The fourth-order valence-electron chi connectivity index (χ4n) is 1.63. The predicted octanol–water partition coefficient (Wildman–Crippen LogP) is 2.55. The van der Waals surface area contributed by atoms with Crippen LogP contribution in [0.25, 0.3) is 0 Å². The van der Waals surface area contributed by atoms with Gasteiger partial charge < -0.3 is 5.73 Å². The SMILES string of the molecule is CCN(CC)Cc1ccc(C(C)N)cc1. The highest BCUT2D eigenvalue weighted by molar-refractivity contribution is 5.24. The van der Waals surface area contributed by atoms with Crippen molar-refractivity contribution in [2.75, 3.05) is 13.1 Å². The molecule has 0 aliphatic carbocycles. The first-order valence-corrected chi connectivity index (χ1v) is 5.74. The molecule has 1 rings (SSSR count). The molecule has 0 fully saturated rings. The quantitative estimate of drug-likeness (QED) is 0.802. The molecule has 1 aromatic carbocycles. The Bertz CT molecular complexity index is 273. The fraction of sp³-hybridized carbons (Fsp3) is 0.538. The molecule has 1 unspecified atom stereocenters. The van der Waals surface area contributed by atoms with Crippen molar-refractivity contribution in [2.24, 2.45) is 5.73 Å². The number of hydrogen-bond donors (Lipinski definition) is 1. The summed E-state index contributed by atoms with van der Waals surface area (Å²) in [7, 11) is 0. The summed E-state index contributed by atoms with van der Waals surface area (Å²) in [5.41, 5.74) is 8.38. The standard InChI is InChI=1S/C13H22N2/c1-4-15(5-2)10-12-6-8-13(9-7-12)11(3)14/h6-9,11H,4-5,10,14H2,1-3H3. The second-order valence-corrected chi connectivity index (χ2v) is 3.99. The molecule has 0 saturated heterocycles. The summed E-state index contributed by atoms with van der Waals surface area (Å²) in [6.07, 6.45) is 0. The van der Waals surface area contributed by atoms with Crippen molar-refractivity contribution in [3.63, 3.8) is 0 Å². The van der Waals surface area contributed by atoms with Crippen molar-refractivity contribution >= 4 is 0 Å². The minimum atomic E-state index is 0.132. The molecule has 2 N–H and O–H groups in total. The van der Waals surface area contributed by atoms with Crippen molar-refractivity contribution in [3.05, 3.63) is 35.4 Å². The lowest BCUT2D eigenvalue weighted by atomic mass is 10.1. The van der Waals surface area contributed by atoms with E-state index in [2.05, 4.69) is 43.0 Å². The molecule has 0 aliphatic heterocycles. The molecule has 2 heteroatoms. The summed E-state index contributed by atoms with van der Waals surface area (Å²) in [5.74, 6) is 0. The zero-order valence-corrected chi connectivity index (χ0v) is 10.0. The van der Waals surface area contributed by atoms with Gasteiger partial charge in [-0.15, -0.1) is 0 Å². The van der Waals surface area contributed by atoms with Crippen LogP contribution >= 0.6 is 0 Å². The van der Waals surface area contributed by atoms with Gasteiger partial charge in [0.2, 0.25) is 0 Å². The molecule has 1 atom stereocenters. The van der Waals surface area contributed by atoms with Crippen molar-refractivity contribution in [1.82, 2.24) is 4.90 Å². The van der Waals surface area contributed by atoms with Crippen molar-refractivity contribution in [3.8, 4) is 0 Å². The van der Waals surface area contributed by atoms with Gasteiger partial charge in [0, 0.05) is 12.6 Å². The number of nitrogens with two attached hydrogens (primary N) is 1. The Balaban J connectivity index is 2.63. The van der Waals surface area contributed by atoms with Crippen LogP contribution in [0.2, 0.25) is 0 Å². The van der Waals surface area contributed by atoms with Crippen LogP contribution in [-0.2, 0) is 6.54 Å². The molecule has 0 aliphatic rings. The molecule has 1 aromatic rings. The summed E-state index contributed by atoms with van der Waals surface area (Å²) in [6, 6.07) is 8.74. The Kier molecular flexibility index (Phi) is 4.79. The third-order valence-corrected chi connectivity index (χ3v) is 2.81. The summed E-state index contributed by atoms with van der Waals surface area (Å²) >= 11 is 0. The highest BCUT2D eigenvalue weighted by Gasteiger charge is 2.02. The van der Waals surface area contributed by atoms with E-state index in [0.29, 0.717) is 0 Å². The first-order valence-electron chi connectivity index (χ1n) is 5.74. The lowest BCUT2D eigenvalue weighted by molar-refractivity contribution is 0.296. The molecular weight excluding hydrogens is 184 g/mol. The van der Waals surface area contributed by atoms with Gasteiger partial charge in [-0.25, -0.2) is 0 Å².